The van der Waals surface area contributed by atoms with Gasteiger partial charge < -0.3 is 10.1 Å². The molecular weight excluding hydrogens is 260 g/mol. The Bertz CT molecular complexity index is 419. The van der Waals surface area contributed by atoms with E-state index in [2.05, 4.69) is 17.2 Å². The molecule has 1 aromatic heterocycles. The van der Waals surface area contributed by atoms with E-state index in [1.54, 1.807) is 11.3 Å². The van der Waals surface area contributed by atoms with Crippen LogP contribution in [0.4, 0.5) is 5.13 Å². The lowest BCUT2D eigenvalue weighted by Crippen LogP contribution is -2.06. The van der Waals surface area contributed by atoms with Crippen molar-refractivity contribution in [2.45, 2.75) is 52.0 Å². The molecule has 2 rings (SSSR count). The van der Waals surface area contributed by atoms with Crippen molar-refractivity contribution in [2.75, 3.05) is 11.9 Å². The summed E-state index contributed by atoms with van der Waals surface area (Å²) in [5, 5.41) is 6.49. The highest BCUT2D eigenvalue weighted by atomic mass is 32.1. The molecule has 1 aliphatic carbocycles. The summed E-state index contributed by atoms with van der Waals surface area (Å²) >= 11 is 1.63. The summed E-state index contributed by atoms with van der Waals surface area (Å²) in [5.41, 5.74) is 0.980. The molecule has 0 saturated heterocycles. The molecule has 0 amide bonds. The molecule has 1 aromatic rings. The Morgan fingerprint density at radius 3 is 3.16 bits per heavy atom. The monoisotopic (exact) mass is 282 g/mol. The van der Waals surface area contributed by atoms with Crippen molar-refractivity contribution in [3.05, 3.63) is 11.1 Å². The molecule has 5 heteroatoms. The summed E-state index contributed by atoms with van der Waals surface area (Å²) in [6.07, 6.45) is 4.91. The summed E-state index contributed by atoms with van der Waals surface area (Å²) < 4.78 is 4.91. The maximum atomic E-state index is 11.3. The zero-order valence-electron chi connectivity index (χ0n) is 11.6. The van der Waals surface area contributed by atoms with Crippen molar-refractivity contribution < 1.29 is 9.53 Å². The Kier molecular flexibility index (Phi) is 5.19. The maximum Gasteiger partial charge on any atom is 0.306 e. The molecule has 4 nitrogen and oxygen atoms in total. The molecule has 2 atom stereocenters. The van der Waals surface area contributed by atoms with Crippen LogP contribution in [0.25, 0.3) is 0 Å². The number of ether oxygens (including phenoxy) is 1. The standard InChI is InChI=1S/C14H22N2O2S/c1-3-5-10-8-12(10)16-14-15-11(9-19-14)6-7-13(17)18-4-2/h9-10,12H,3-8H2,1-2H3,(H,15,16). The van der Waals surface area contributed by atoms with E-state index in [1.165, 1.54) is 19.3 Å². The lowest BCUT2D eigenvalue weighted by Gasteiger charge is -2.01. The number of esters is 1. The molecule has 1 N–H and O–H groups in total. The average Bonchev–Trinajstić information content (AvgIpc) is 2.94. The number of thiazole rings is 1. The van der Waals surface area contributed by atoms with Crippen molar-refractivity contribution in [3.8, 4) is 0 Å². The van der Waals surface area contributed by atoms with Crippen LogP contribution in [0, 0.1) is 5.92 Å². The Hall–Kier alpha value is -1.10. The molecule has 1 heterocycles. The summed E-state index contributed by atoms with van der Waals surface area (Å²) in [7, 11) is 0. The minimum Gasteiger partial charge on any atom is -0.466 e. The van der Waals surface area contributed by atoms with Crippen LogP contribution in [0.15, 0.2) is 5.38 Å². The second kappa shape index (κ2) is 6.89. The molecule has 0 aromatic carbocycles. The van der Waals surface area contributed by atoms with E-state index in [0.29, 0.717) is 25.5 Å². The quantitative estimate of drug-likeness (QED) is 0.744. The van der Waals surface area contributed by atoms with Crippen LogP contribution >= 0.6 is 11.3 Å². The minimum absolute atomic E-state index is 0.143. The fourth-order valence-electron chi connectivity index (χ4n) is 2.22. The van der Waals surface area contributed by atoms with Crippen molar-refractivity contribution in [3.63, 3.8) is 0 Å². The summed E-state index contributed by atoms with van der Waals surface area (Å²) in [4.78, 5) is 15.8. The molecule has 0 bridgehead atoms. The summed E-state index contributed by atoms with van der Waals surface area (Å²) in [5.74, 6) is 0.687. The maximum absolute atomic E-state index is 11.3. The Labute approximate surface area is 118 Å². The Morgan fingerprint density at radius 2 is 2.42 bits per heavy atom. The smallest absolute Gasteiger partial charge is 0.306 e. The van der Waals surface area contributed by atoms with Gasteiger partial charge in [-0.2, -0.15) is 0 Å². The molecule has 2 unspecified atom stereocenters. The van der Waals surface area contributed by atoms with Crippen LogP contribution in [-0.2, 0) is 16.0 Å². The van der Waals surface area contributed by atoms with Gasteiger partial charge in [0.1, 0.15) is 0 Å². The third kappa shape index (κ3) is 4.49. The van der Waals surface area contributed by atoms with Gasteiger partial charge in [0.05, 0.1) is 18.7 Å². The second-order valence-electron chi connectivity index (χ2n) is 4.98. The number of anilines is 1. The van der Waals surface area contributed by atoms with E-state index in [1.807, 2.05) is 12.3 Å². The predicted octanol–water partition coefficient (Wildman–Crippen LogP) is 3.24. The van der Waals surface area contributed by atoms with Gasteiger partial charge in [-0.3, -0.25) is 4.79 Å². The highest BCUT2D eigenvalue weighted by Gasteiger charge is 2.36. The van der Waals surface area contributed by atoms with Gasteiger partial charge in [-0.1, -0.05) is 13.3 Å². The van der Waals surface area contributed by atoms with E-state index in [9.17, 15) is 4.79 Å². The number of rotatable bonds is 8. The number of hydrogen-bond acceptors (Lipinski definition) is 5. The van der Waals surface area contributed by atoms with Gasteiger partial charge in [0.2, 0.25) is 0 Å². The van der Waals surface area contributed by atoms with E-state index in [-0.39, 0.29) is 5.97 Å². The van der Waals surface area contributed by atoms with E-state index in [4.69, 9.17) is 4.74 Å². The highest BCUT2D eigenvalue weighted by Crippen LogP contribution is 2.37. The number of aryl methyl sites for hydroxylation is 1. The SMILES string of the molecule is CCCC1CC1Nc1nc(CCC(=O)OCC)cs1. The van der Waals surface area contributed by atoms with Gasteiger partial charge in [-0.25, -0.2) is 4.98 Å². The lowest BCUT2D eigenvalue weighted by atomic mass is 10.2. The molecule has 19 heavy (non-hydrogen) atoms. The number of carbonyl (C=O) groups excluding carboxylic acids is 1. The summed E-state index contributed by atoms with van der Waals surface area (Å²) in [6.45, 7) is 4.50. The topological polar surface area (TPSA) is 51.2 Å². The van der Waals surface area contributed by atoms with Crippen LogP contribution in [0.5, 0.6) is 0 Å². The second-order valence-corrected chi connectivity index (χ2v) is 5.84. The lowest BCUT2D eigenvalue weighted by molar-refractivity contribution is -0.143. The van der Waals surface area contributed by atoms with Crippen LogP contribution in [0.2, 0.25) is 0 Å². The Morgan fingerprint density at radius 1 is 1.58 bits per heavy atom. The zero-order valence-corrected chi connectivity index (χ0v) is 12.5. The third-order valence-electron chi connectivity index (χ3n) is 3.33. The van der Waals surface area contributed by atoms with Gasteiger partial charge >= 0.3 is 5.97 Å². The largest absolute Gasteiger partial charge is 0.466 e. The molecule has 106 valence electrons. The molecule has 1 aliphatic rings. The number of hydrogen-bond donors (Lipinski definition) is 1. The first-order valence-corrected chi connectivity index (χ1v) is 7.97. The Balaban J connectivity index is 1.72. The first-order chi connectivity index (χ1) is 9.22. The molecule has 0 spiro atoms. The van der Waals surface area contributed by atoms with Crippen LogP contribution in [0.3, 0.4) is 0 Å². The molecule has 0 aliphatic heterocycles. The average molecular weight is 282 g/mol. The van der Waals surface area contributed by atoms with Gasteiger partial charge in [-0.05, 0) is 25.7 Å². The van der Waals surface area contributed by atoms with Gasteiger partial charge in [0.15, 0.2) is 5.13 Å². The third-order valence-corrected chi connectivity index (χ3v) is 4.16. The van der Waals surface area contributed by atoms with Gasteiger partial charge in [-0.15, -0.1) is 11.3 Å². The highest BCUT2D eigenvalue weighted by molar-refractivity contribution is 7.13. The van der Waals surface area contributed by atoms with E-state index >= 15 is 0 Å². The number of carbonyl (C=O) groups is 1. The molecule has 0 radical (unpaired) electrons. The number of aromatic nitrogens is 1. The van der Waals surface area contributed by atoms with Crippen molar-refractivity contribution in [2.24, 2.45) is 5.92 Å². The first kappa shape index (κ1) is 14.3. The van der Waals surface area contributed by atoms with Crippen LogP contribution in [0.1, 0.15) is 45.2 Å². The fraction of sp³-hybridized carbons (Fsp3) is 0.714. The fourth-order valence-corrected chi connectivity index (χ4v) is 3.03. The van der Waals surface area contributed by atoms with Crippen molar-refractivity contribution >= 4 is 22.4 Å². The van der Waals surface area contributed by atoms with Crippen molar-refractivity contribution in [1.29, 1.82) is 0 Å². The van der Waals surface area contributed by atoms with Crippen molar-refractivity contribution in [1.82, 2.24) is 4.98 Å². The normalized spacial score (nSPS) is 21.2. The zero-order chi connectivity index (χ0) is 13.7. The van der Waals surface area contributed by atoms with E-state index in [0.717, 1.165) is 16.7 Å². The number of nitrogens with zero attached hydrogens (tertiary/aromatic N) is 1. The van der Waals surface area contributed by atoms with Crippen LogP contribution < -0.4 is 5.32 Å². The first-order valence-electron chi connectivity index (χ1n) is 7.09. The summed E-state index contributed by atoms with van der Waals surface area (Å²) in [6, 6.07) is 0.615. The predicted molar refractivity (Wildman–Crippen MR) is 77.5 cm³/mol. The number of nitrogens with one attached hydrogen (secondary N) is 1. The van der Waals surface area contributed by atoms with Gasteiger partial charge in [0.25, 0.3) is 0 Å². The molecule has 1 fully saturated rings. The molecule has 1 saturated carbocycles. The van der Waals surface area contributed by atoms with E-state index < -0.39 is 0 Å². The minimum atomic E-state index is -0.143. The van der Waals surface area contributed by atoms with Gasteiger partial charge in [0, 0.05) is 17.8 Å². The van der Waals surface area contributed by atoms with Crippen LogP contribution in [-0.4, -0.2) is 23.6 Å². The molecular formula is C14H22N2O2S.